The van der Waals surface area contributed by atoms with Crippen LogP contribution in [0, 0.1) is 12.8 Å². The standard InChI is InChI=1S/C17H29N5O2/c1-12-10-22(13(2)17-19-18-14(3)24-17)11-16(12)21-7-5-6-20(8-9-21)15(4)23/h12-13,16H,5-11H2,1-4H3/t12-,13+,16-/m1/s1. The number of aryl methyl sites for hydroxylation is 1. The van der Waals surface area contributed by atoms with E-state index < -0.39 is 0 Å². The summed E-state index contributed by atoms with van der Waals surface area (Å²) in [4.78, 5) is 18.6. The molecule has 24 heavy (non-hydrogen) atoms. The highest BCUT2D eigenvalue weighted by Crippen LogP contribution is 2.29. The lowest BCUT2D eigenvalue weighted by Crippen LogP contribution is -2.43. The van der Waals surface area contributed by atoms with Gasteiger partial charge in [-0.1, -0.05) is 6.92 Å². The van der Waals surface area contributed by atoms with Gasteiger partial charge in [0.2, 0.25) is 17.7 Å². The predicted molar refractivity (Wildman–Crippen MR) is 90.4 cm³/mol. The number of aromatic nitrogens is 2. The van der Waals surface area contributed by atoms with E-state index in [0.717, 1.165) is 45.7 Å². The van der Waals surface area contributed by atoms with Crippen LogP contribution in [0.1, 0.15) is 45.0 Å². The van der Waals surface area contributed by atoms with Gasteiger partial charge >= 0.3 is 0 Å². The van der Waals surface area contributed by atoms with Crippen molar-refractivity contribution >= 4 is 5.91 Å². The summed E-state index contributed by atoms with van der Waals surface area (Å²) in [7, 11) is 0. The fraction of sp³-hybridized carbons (Fsp3) is 0.824. The molecule has 0 spiro atoms. The number of rotatable bonds is 3. The number of likely N-dealkylation sites (tertiary alicyclic amines) is 1. The largest absolute Gasteiger partial charge is 0.424 e. The molecule has 2 saturated heterocycles. The lowest BCUT2D eigenvalue weighted by molar-refractivity contribution is -0.128. The number of amides is 1. The van der Waals surface area contributed by atoms with Crippen molar-refractivity contribution in [1.29, 1.82) is 0 Å². The van der Waals surface area contributed by atoms with Crippen molar-refractivity contribution in [2.24, 2.45) is 5.92 Å². The van der Waals surface area contributed by atoms with Crippen molar-refractivity contribution < 1.29 is 9.21 Å². The van der Waals surface area contributed by atoms with Crippen LogP contribution in [0.5, 0.6) is 0 Å². The Kier molecular flexibility index (Phi) is 5.20. The molecule has 0 N–H and O–H groups in total. The van der Waals surface area contributed by atoms with Crippen molar-refractivity contribution in [3.63, 3.8) is 0 Å². The zero-order chi connectivity index (χ0) is 17.3. The van der Waals surface area contributed by atoms with Crippen molar-refractivity contribution in [3.8, 4) is 0 Å². The Hall–Kier alpha value is -1.47. The fourth-order valence-corrected chi connectivity index (χ4v) is 4.00. The van der Waals surface area contributed by atoms with Crippen molar-refractivity contribution in [2.45, 2.75) is 46.2 Å². The highest BCUT2D eigenvalue weighted by atomic mass is 16.4. The molecule has 0 saturated carbocycles. The molecule has 1 amide bonds. The second kappa shape index (κ2) is 7.19. The van der Waals surface area contributed by atoms with Gasteiger partial charge in [0.05, 0.1) is 6.04 Å². The van der Waals surface area contributed by atoms with E-state index in [9.17, 15) is 4.79 Å². The van der Waals surface area contributed by atoms with E-state index in [2.05, 4.69) is 33.8 Å². The summed E-state index contributed by atoms with van der Waals surface area (Å²) in [5.74, 6) is 2.12. The SMILES string of the molecule is CC(=O)N1CCCN([C@@H]2CN([C@@H](C)c3nnc(C)o3)C[C@H]2C)CC1. The van der Waals surface area contributed by atoms with Gasteiger partial charge in [0.1, 0.15) is 0 Å². The topological polar surface area (TPSA) is 65.7 Å². The minimum absolute atomic E-state index is 0.152. The zero-order valence-electron chi connectivity index (χ0n) is 15.2. The first-order chi connectivity index (χ1) is 11.5. The highest BCUT2D eigenvalue weighted by molar-refractivity contribution is 5.73. The number of nitrogens with zero attached hydrogens (tertiary/aromatic N) is 5. The first kappa shape index (κ1) is 17.4. The first-order valence-corrected chi connectivity index (χ1v) is 8.99. The molecule has 0 unspecified atom stereocenters. The molecule has 0 aliphatic carbocycles. The molecule has 3 heterocycles. The molecule has 2 aliphatic heterocycles. The highest BCUT2D eigenvalue weighted by Gasteiger charge is 2.37. The van der Waals surface area contributed by atoms with Gasteiger partial charge in [0.15, 0.2) is 0 Å². The first-order valence-electron chi connectivity index (χ1n) is 8.99. The van der Waals surface area contributed by atoms with Crippen LogP contribution >= 0.6 is 0 Å². The Morgan fingerprint density at radius 1 is 1.21 bits per heavy atom. The van der Waals surface area contributed by atoms with Gasteiger partial charge in [-0.15, -0.1) is 10.2 Å². The summed E-state index contributed by atoms with van der Waals surface area (Å²) >= 11 is 0. The van der Waals surface area contributed by atoms with E-state index in [1.165, 1.54) is 0 Å². The molecule has 2 aliphatic rings. The quantitative estimate of drug-likeness (QED) is 0.830. The molecule has 3 atom stereocenters. The lowest BCUT2D eigenvalue weighted by Gasteiger charge is -2.30. The van der Waals surface area contributed by atoms with Gasteiger partial charge < -0.3 is 9.32 Å². The Balaban J connectivity index is 1.62. The maximum Gasteiger partial charge on any atom is 0.233 e. The molecule has 7 nitrogen and oxygen atoms in total. The summed E-state index contributed by atoms with van der Waals surface area (Å²) in [6, 6.07) is 0.683. The number of hydrogen-bond donors (Lipinski definition) is 0. The van der Waals surface area contributed by atoms with Gasteiger partial charge in [-0.05, 0) is 19.3 Å². The van der Waals surface area contributed by atoms with Crippen LogP contribution in [-0.4, -0.2) is 76.1 Å². The van der Waals surface area contributed by atoms with Gasteiger partial charge in [0.25, 0.3) is 0 Å². The maximum absolute atomic E-state index is 11.6. The predicted octanol–water partition coefficient (Wildman–Crippen LogP) is 1.31. The summed E-state index contributed by atoms with van der Waals surface area (Å²) in [6.07, 6.45) is 1.06. The van der Waals surface area contributed by atoms with Crippen LogP contribution < -0.4 is 0 Å². The summed E-state index contributed by atoms with van der Waals surface area (Å²) in [6.45, 7) is 13.8. The van der Waals surface area contributed by atoms with Gasteiger partial charge in [0, 0.05) is 59.2 Å². The van der Waals surface area contributed by atoms with Crippen LogP contribution in [0.4, 0.5) is 0 Å². The van der Waals surface area contributed by atoms with Gasteiger partial charge in [-0.3, -0.25) is 14.6 Å². The van der Waals surface area contributed by atoms with E-state index in [0.29, 0.717) is 23.7 Å². The third-order valence-corrected chi connectivity index (χ3v) is 5.49. The monoisotopic (exact) mass is 335 g/mol. The van der Waals surface area contributed by atoms with Crippen LogP contribution in [0.25, 0.3) is 0 Å². The van der Waals surface area contributed by atoms with E-state index in [1.807, 2.05) is 11.8 Å². The minimum atomic E-state index is 0.152. The average Bonchev–Trinajstić information content (AvgIpc) is 3.04. The third-order valence-electron chi connectivity index (χ3n) is 5.49. The molecular weight excluding hydrogens is 306 g/mol. The van der Waals surface area contributed by atoms with Crippen molar-refractivity contribution in [2.75, 3.05) is 39.3 Å². The van der Waals surface area contributed by atoms with E-state index in [-0.39, 0.29) is 11.9 Å². The van der Waals surface area contributed by atoms with E-state index in [1.54, 1.807) is 6.92 Å². The molecule has 0 radical (unpaired) electrons. The molecule has 2 fully saturated rings. The zero-order valence-corrected chi connectivity index (χ0v) is 15.2. The van der Waals surface area contributed by atoms with E-state index in [4.69, 9.17) is 4.42 Å². The second-order valence-corrected chi connectivity index (χ2v) is 7.23. The summed E-state index contributed by atoms with van der Waals surface area (Å²) in [5.41, 5.74) is 0. The smallest absolute Gasteiger partial charge is 0.233 e. The average molecular weight is 335 g/mol. The number of carbonyl (C=O) groups is 1. The van der Waals surface area contributed by atoms with Crippen LogP contribution in [-0.2, 0) is 4.79 Å². The summed E-state index contributed by atoms with van der Waals surface area (Å²) < 4.78 is 5.61. The molecule has 0 aromatic carbocycles. The lowest BCUT2D eigenvalue weighted by atomic mass is 10.0. The molecule has 7 heteroatoms. The normalized spacial score (nSPS) is 28.1. The third kappa shape index (κ3) is 3.62. The molecule has 1 aromatic heterocycles. The van der Waals surface area contributed by atoms with Crippen LogP contribution in [0.15, 0.2) is 4.42 Å². The molecule has 1 aromatic rings. The van der Waals surface area contributed by atoms with E-state index >= 15 is 0 Å². The Labute approximate surface area is 144 Å². The Bertz CT molecular complexity index is 575. The minimum Gasteiger partial charge on any atom is -0.424 e. The number of hydrogen-bond acceptors (Lipinski definition) is 6. The molecule has 3 rings (SSSR count). The maximum atomic E-state index is 11.6. The van der Waals surface area contributed by atoms with Crippen molar-refractivity contribution in [1.82, 2.24) is 24.9 Å². The van der Waals surface area contributed by atoms with Gasteiger partial charge in [-0.25, -0.2) is 0 Å². The van der Waals surface area contributed by atoms with Gasteiger partial charge in [-0.2, -0.15) is 0 Å². The number of carbonyl (C=O) groups excluding carboxylic acids is 1. The van der Waals surface area contributed by atoms with Crippen molar-refractivity contribution in [3.05, 3.63) is 11.8 Å². The Morgan fingerprint density at radius 2 is 2.00 bits per heavy atom. The fourth-order valence-electron chi connectivity index (χ4n) is 4.00. The molecule has 0 bridgehead atoms. The van der Waals surface area contributed by atoms with Crippen LogP contribution in [0.2, 0.25) is 0 Å². The second-order valence-electron chi connectivity index (χ2n) is 7.23. The molecular formula is C17H29N5O2. The van der Waals surface area contributed by atoms with Crippen LogP contribution in [0.3, 0.4) is 0 Å². The molecule has 134 valence electrons. The Morgan fingerprint density at radius 3 is 2.67 bits per heavy atom. The summed E-state index contributed by atoms with van der Waals surface area (Å²) in [5, 5.41) is 8.13.